The normalized spacial score (nSPS) is 15.9. The lowest BCUT2D eigenvalue weighted by Gasteiger charge is -2.19. The van der Waals surface area contributed by atoms with Crippen molar-refractivity contribution in [1.82, 2.24) is 9.47 Å². The van der Waals surface area contributed by atoms with Crippen LogP contribution in [0.5, 0.6) is 11.8 Å². The highest BCUT2D eigenvalue weighted by Crippen LogP contribution is 2.29. The van der Waals surface area contributed by atoms with E-state index in [0.717, 1.165) is 33.8 Å². The molecule has 1 aromatic rings. The SMILES string of the molecule is O=C(O)C(CCN1C(=O)C=CC1=O)n1c(O)ccc1O. The van der Waals surface area contributed by atoms with E-state index in [2.05, 4.69) is 0 Å². The van der Waals surface area contributed by atoms with Crippen molar-refractivity contribution in [3.8, 4) is 11.8 Å². The zero-order chi connectivity index (χ0) is 14.9. The number of nitrogens with zero attached hydrogens (tertiary/aromatic N) is 2. The first kappa shape index (κ1) is 13.7. The second-order valence-corrected chi connectivity index (χ2v) is 4.22. The molecule has 2 rings (SSSR count). The van der Waals surface area contributed by atoms with Crippen molar-refractivity contribution >= 4 is 17.8 Å². The van der Waals surface area contributed by atoms with E-state index in [1.807, 2.05) is 0 Å². The summed E-state index contributed by atoms with van der Waals surface area (Å²) < 4.78 is 0.820. The van der Waals surface area contributed by atoms with Gasteiger partial charge in [0, 0.05) is 30.8 Å². The molecule has 1 atom stereocenters. The number of hydrogen-bond acceptors (Lipinski definition) is 5. The number of hydrogen-bond donors (Lipinski definition) is 3. The maximum absolute atomic E-state index is 11.4. The van der Waals surface area contributed by atoms with Gasteiger partial charge in [-0.25, -0.2) is 4.79 Å². The molecule has 0 spiro atoms. The molecule has 0 saturated heterocycles. The predicted molar refractivity (Wildman–Crippen MR) is 64.9 cm³/mol. The number of aromatic nitrogens is 1. The largest absolute Gasteiger partial charge is 0.494 e. The third-order valence-electron chi connectivity index (χ3n) is 3.00. The Morgan fingerprint density at radius 1 is 1.10 bits per heavy atom. The average molecular weight is 280 g/mol. The zero-order valence-corrected chi connectivity index (χ0v) is 10.3. The second kappa shape index (κ2) is 5.08. The Hall–Kier alpha value is -2.77. The quantitative estimate of drug-likeness (QED) is 0.644. The van der Waals surface area contributed by atoms with Gasteiger partial charge in [-0.3, -0.25) is 19.1 Å². The molecule has 1 aromatic heterocycles. The van der Waals surface area contributed by atoms with Gasteiger partial charge in [-0.1, -0.05) is 0 Å². The van der Waals surface area contributed by atoms with Gasteiger partial charge >= 0.3 is 5.97 Å². The van der Waals surface area contributed by atoms with Crippen LogP contribution in [0.1, 0.15) is 12.5 Å². The van der Waals surface area contributed by atoms with E-state index in [0.29, 0.717) is 0 Å². The summed E-state index contributed by atoms with van der Waals surface area (Å²) in [7, 11) is 0. The summed E-state index contributed by atoms with van der Waals surface area (Å²) in [6.45, 7) is -0.126. The third-order valence-corrected chi connectivity index (χ3v) is 3.00. The first-order valence-electron chi connectivity index (χ1n) is 5.77. The molecule has 20 heavy (non-hydrogen) atoms. The molecule has 106 valence electrons. The molecule has 1 aliphatic rings. The monoisotopic (exact) mass is 280 g/mol. The molecule has 8 heteroatoms. The average Bonchev–Trinajstić information content (AvgIpc) is 2.87. The standard InChI is InChI=1S/C12H12N2O6/c15-8-1-2-9(16)13(8)6-5-7(12(19)20)14-10(17)3-4-11(14)18/h1-4,7,17-18H,5-6H2,(H,19,20). The number of carbonyl (C=O) groups excluding carboxylic acids is 2. The molecular weight excluding hydrogens is 268 g/mol. The summed E-state index contributed by atoms with van der Waals surface area (Å²) in [5.41, 5.74) is 0. The van der Waals surface area contributed by atoms with Crippen molar-refractivity contribution in [1.29, 1.82) is 0 Å². The molecule has 2 amide bonds. The van der Waals surface area contributed by atoms with Gasteiger partial charge in [-0.05, 0) is 6.42 Å². The van der Waals surface area contributed by atoms with E-state index in [1.165, 1.54) is 0 Å². The fourth-order valence-corrected chi connectivity index (χ4v) is 2.01. The van der Waals surface area contributed by atoms with E-state index in [-0.39, 0.29) is 13.0 Å². The molecule has 0 fully saturated rings. The van der Waals surface area contributed by atoms with Crippen molar-refractivity contribution in [2.45, 2.75) is 12.5 Å². The molecule has 0 aliphatic carbocycles. The van der Waals surface area contributed by atoms with Crippen molar-refractivity contribution in [3.63, 3.8) is 0 Å². The van der Waals surface area contributed by atoms with Crippen LogP contribution in [0.2, 0.25) is 0 Å². The van der Waals surface area contributed by atoms with Crippen molar-refractivity contribution in [3.05, 3.63) is 24.3 Å². The van der Waals surface area contributed by atoms with Gasteiger partial charge in [0.1, 0.15) is 6.04 Å². The number of carboxylic acids is 1. The molecule has 0 radical (unpaired) electrons. The smallest absolute Gasteiger partial charge is 0.327 e. The Bertz CT molecular complexity index is 566. The van der Waals surface area contributed by atoms with E-state index < -0.39 is 35.6 Å². The number of aromatic hydroxyl groups is 2. The van der Waals surface area contributed by atoms with Crippen LogP contribution in [0.3, 0.4) is 0 Å². The van der Waals surface area contributed by atoms with Crippen molar-refractivity contribution in [2.75, 3.05) is 6.54 Å². The molecule has 8 nitrogen and oxygen atoms in total. The Labute approximate surface area is 113 Å². The summed E-state index contributed by atoms with van der Waals surface area (Å²) in [6, 6.07) is 1.02. The number of aliphatic carboxylic acids is 1. The predicted octanol–water partition coefficient (Wildman–Crippen LogP) is -0.160. The summed E-state index contributed by atoms with van der Waals surface area (Å²) in [4.78, 5) is 34.8. The highest BCUT2D eigenvalue weighted by atomic mass is 16.4. The topological polar surface area (TPSA) is 120 Å². The number of carboxylic acid groups (broad SMARTS) is 1. The maximum Gasteiger partial charge on any atom is 0.327 e. The first-order valence-corrected chi connectivity index (χ1v) is 5.77. The van der Waals surface area contributed by atoms with Crippen LogP contribution < -0.4 is 0 Å². The third kappa shape index (κ3) is 2.35. The van der Waals surface area contributed by atoms with Crippen molar-refractivity contribution in [2.24, 2.45) is 0 Å². The molecule has 1 aliphatic heterocycles. The molecule has 2 heterocycles. The van der Waals surface area contributed by atoms with Gasteiger partial charge in [0.25, 0.3) is 11.8 Å². The van der Waals surface area contributed by atoms with Gasteiger partial charge in [0.15, 0.2) is 11.8 Å². The van der Waals surface area contributed by atoms with E-state index in [9.17, 15) is 24.6 Å². The summed E-state index contributed by atoms with van der Waals surface area (Å²) in [5, 5.41) is 28.2. The number of carbonyl (C=O) groups is 3. The number of imide groups is 1. The minimum Gasteiger partial charge on any atom is -0.494 e. The lowest BCUT2D eigenvalue weighted by molar-refractivity contribution is -0.143. The summed E-state index contributed by atoms with van der Waals surface area (Å²) in [5.74, 6) is -3.14. The van der Waals surface area contributed by atoms with Crippen molar-refractivity contribution < 1.29 is 29.7 Å². The van der Waals surface area contributed by atoms with Gasteiger partial charge in [0.2, 0.25) is 0 Å². The highest BCUT2D eigenvalue weighted by molar-refractivity contribution is 6.12. The van der Waals surface area contributed by atoms with Crippen LogP contribution in [0, 0.1) is 0 Å². The van der Waals surface area contributed by atoms with Crippen LogP contribution in [-0.4, -0.2) is 49.1 Å². The maximum atomic E-state index is 11.4. The Morgan fingerprint density at radius 2 is 1.60 bits per heavy atom. The summed E-state index contributed by atoms with van der Waals surface area (Å²) in [6.07, 6.45) is 2.07. The molecule has 0 saturated carbocycles. The molecule has 0 aromatic carbocycles. The zero-order valence-electron chi connectivity index (χ0n) is 10.3. The van der Waals surface area contributed by atoms with Gasteiger partial charge in [-0.15, -0.1) is 0 Å². The van der Waals surface area contributed by atoms with Crippen LogP contribution in [0.25, 0.3) is 0 Å². The lowest BCUT2D eigenvalue weighted by Crippen LogP contribution is -2.33. The van der Waals surface area contributed by atoms with Crippen LogP contribution in [-0.2, 0) is 14.4 Å². The minimum atomic E-state index is -1.29. The second-order valence-electron chi connectivity index (χ2n) is 4.22. The van der Waals surface area contributed by atoms with E-state index >= 15 is 0 Å². The van der Waals surface area contributed by atoms with Gasteiger partial charge in [-0.2, -0.15) is 0 Å². The fourth-order valence-electron chi connectivity index (χ4n) is 2.01. The Morgan fingerprint density at radius 3 is 2.05 bits per heavy atom. The van der Waals surface area contributed by atoms with E-state index in [1.54, 1.807) is 0 Å². The van der Waals surface area contributed by atoms with Crippen LogP contribution in [0.4, 0.5) is 0 Å². The lowest BCUT2D eigenvalue weighted by atomic mass is 10.2. The Balaban J connectivity index is 2.14. The minimum absolute atomic E-state index is 0.126. The van der Waals surface area contributed by atoms with Gasteiger partial charge in [0.05, 0.1) is 0 Å². The first-order chi connectivity index (χ1) is 9.41. The Kier molecular flexibility index (Phi) is 3.47. The van der Waals surface area contributed by atoms with E-state index in [4.69, 9.17) is 5.11 Å². The molecule has 0 bridgehead atoms. The molecular formula is C12H12N2O6. The van der Waals surface area contributed by atoms with Crippen LogP contribution >= 0.6 is 0 Å². The number of amides is 2. The van der Waals surface area contributed by atoms with Gasteiger partial charge < -0.3 is 15.3 Å². The molecule has 3 N–H and O–H groups in total. The fraction of sp³-hybridized carbons (Fsp3) is 0.250. The van der Waals surface area contributed by atoms with Crippen LogP contribution in [0.15, 0.2) is 24.3 Å². The summed E-state index contributed by atoms with van der Waals surface area (Å²) >= 11 is 0. The molecule has 1 unspecified atom stereocenters. The highest BCUT2D eigenvalue weighted by Gasteiger charge is 2.29. The number of rotatable bonds is 5.